The van der Waals surface area contributed by atoms with Gasteiger partial charge in [-0.1, -0.05) is 29.5 Å². The molecule has 0 aliphatic heterocycles. The van der Waals surface area contributed by atoms with E-state index in [1.807, 2.05) is 18.2 Å². The Morgan fingerprint density at radius 2 is 1.89 bits per heavy atom. The van der Waals surface area contributed by atoms with Crippen LogP contribution < -0.4 is 10.1 Å². The highest BCUT2D eigenvalue weighted by Gasteiger charge is 2.23. The molecule has 1 N–H and O–H groups in total. The molecule has 1 aromatic heterocycles. The first-order valence-corrected chi connectivity index (χ1v) is 9.31. The van der Waals surface area contributed by atoms with Crippen LogP contribution in [0.3, 0.4) is 0 Å². The van der Waals surface area contributed by atoms with E-state index in [2.05, 4.69) is 10.3 Å². The molecule has 0 atom stereocenters. The quantitative estimate of drug-likeness (QED) is 0.701. The number of carbonyl (C=O) groups is 1. The standard InChI is InChI=1S/C20H16F2N2O2S/c1-26-16-10-3-6-12-11(16)5-2-9-15-18(12)27-20(23-15)24-19(25)17-13(21)7-4-8-14(17)22/h3-4,6-8,10H,2,5,9H2,1H3,(H,23,24,25). The number of nitrogens with zero attached hydrogens (tertiary/aromatic N) is 1. The fraction of sp³-hybridized carbons (Fsp3) is 0.200. The van der Waals surface area contributed by atoms with E-state index in [1.54, 1.807) is 7.11 Å². The van der Waals surface area contributed by atoms with Crippen LogP contribution in [0.15, 0.2) is 36.4 Å². The molecule has 0 unspecified atom stereocenters. The normalized spacial score (nSPS) is 12.7. The smallest absolute Gasteiger partial charge is 0.263 e. The summed E-state index contributed by atoms with van der Waals surface area (Å²) in [6, 6.07) is 9.17. The van der Waals surface area contributed by atoms with E-state index in [0.29, 0.717) is 5.13 Å². The first-order valence-electron chi connectivity index (χ1n) is 8.50. The van der Waals surface area contributed by atoms with Gasteiger partial charge in [0.1, 0.15) is 22.9 Å². The monoisotopic (exact) mass is 386 g/mol. The van der Waals surface area contributed by atoms with Crippen molar-refractivity contribution in [2.45, 2.75) is 19.3 Å². The summed E-state index contributed by atoms with van der Waals surface area (Å²) in [6.07, 6.45) is 2.54. The predicted octanol–water partition coefficient (Wildman–Crippen LogP) is 4.84. The highest BCUT2D eigenvalue weighted by atomic mass is 32.1. The average Bonchev–Trinajstić information content (AvgIpc) is 2.95. The van der Waals surface area contributed by atoms with Crippen LogP contribution in [0, 0.1) is 11.6 Å². The van der Waals surface area contributed by atoms with E-state index < -0.39 is 23.1 Å². The SMILES string of the molecule is COc1cccc2c1CCCc1nc(NC(=O)c3c(F)cccc3F)sc1-2. The van der Waals surface area contributed by atoms with Gasteiger partial charge in [0.25, 0.3) is 5.91 Å². The Morgan fingerprint density at radius 1 is 1.15 bits per heavy atom. The summed E-state index contributed by atoms with van der Waals surface area (Å²) in [4.78, 5) is 17.8. The van der Waals surface area contributed by atoms with E-state index in [-0.39, 0.29) is 0 Å². The van der Waals surface area contributed by atoms with Gasteiger partial charge in [-0.25, -0.2) is 13.8 Å². The van der Waals surface area contributed by atoms with Gasteiger partial charge in [0.15, 0.2) is 5.13 Å². The van der Waals surface area contributed by atoms with Crippen molar-refractivity contribution in [2.24, 2.45) is 0 Å². The number of methoxy groups -OCH3 is 1. The number of carbonyl (C=O) groups excluding carboxylic acids is 1. The topological polar surface area (TPSA) is 51.2 Å². The third-order valence-electron chi connectivity index (χ3n) is 4.55. The van der Waals surface area contributed by atoms with Gasteiger partial charge in [-0.15, -0.1) is 0 Å². The van der Waals surface area contributed by atoms with Crippen molar-refractivity contribution in [2.75, 3.05) is 12.4 Å². The number of halogens is 2. The maximum Gasteiger partial charge on any atom is 0.263 e. The van der Waals surface area contributed by atoms with Crippen LogP contribution in [0.25, 0.3) is 10.4 Å². The van der Waals surface area contributed by atoms with Crippen molar-refractivity contribution >= 4 is 22.4 Å². The Kier molecular flexibility index (Phi) is 4.61. The molecule has 138 valence electrons. The Bertz CT molecular complexity index is 1010. The van der Waals surface area contributed by atoms with Gasteiger partial charge in [-0.3, -0.25) is 10.1 Å². The van der Waals surface area contributed by atoms with Crippen LogP contribution in [-0.4, -0.2) is 18.0 Å². The molecule has 0 saturated heterocycles. The van der Waals surface area contributed by atoms with Crippen molar-refractivity contribution in [1.82, 2.24) is 4.98 Å². The van der Waals surface area contributed by atoms with Crippen LogP contribution >= 0.6 is 11.3 Å². The van der Waals surface area contributed by atoms with Crippen LogP contribution in [0.2, 0.25) is 0 Å². The largest absolute Gasteiger partial charge is 0.496 e. The van der Waals surface area contributed by atoms with Gasteiger partial charge in [0.2, 0.25) is 0 Å². The molecule has 0 spiro atoms. The molecule has 2 aromatic carbocycles. The minimum Gasteiger partial charge on any atom is -0.496 e. The number of hydrogen-bond donors (Lipinski definition) is 1. The maximum atomic E-state index is 13.8. The molecule has 4 nitrogen and oxygen atoms in total. The molecule has 0 bridgehead atoms. The predicted molar refractivity (Wildman–Crippen MR) is 100 cm³/mol. The fourth-order valence-electron chi connectivity index (χ4n) is 3.32. The number of aromatic nitrogens is 1. The summed E-state index contributed by atoms with van der Waals surface area (Å²) in [6.45, 7) is 0. The molecular weight excluding hydrogens is 370 g/mol. The van der Waals surface area contributed by atoms with Gasteiger partial charge in [0.05, 0.1) is 17.7 Å². The summed E-state index contributed by atoms with van der Waals surface area (Å²) in [5.41, 5.74) is 2.40. The van der Waals surface area contributed by atoms with E-state index >= 15 is 0 Å². The molecule has 0 radical (unpaired) electrons. The minimum absolute atomic E-state index is 0.323. The first kappa shape index (κ1) is 17.6. The van der Waals surface area contributed by atoms with Crippen molar-refractivity contribution < 1.29 is 18.3 Å². The Labute approximate surface area is 158 Å². The lowest BCUT2D eigenvalue weighted by molar-refractivity contribution is 0.101. The van der Waals surface area contributed by atoms with E-state index in [0.717, 1.165) is 58.8 Å². The molecule has 1 amide bonds. The van der Waals surface area contributed by atoms with Gasteiger partial charge < -0.3 is 4.74 Å². The van der Waals surface area contributed by atoms with Gasteiger partial charge in [-0.05, 0) is 37.5 Å². The number of thiazole rings is 1. The number of rotatable bonds is 3. The van der Waals surface area contributed by atoms with E-state index in [1.165, 1.54) is 17.4 Å². The second-order valence-electron chi connectivity index (χ2n) is 6.19. The Balaban J connectivity index is 1.70. The second-order valence-corrected chi connectivity index (χ2v) is 7.18. The van der Waals surface area contributed by atoms with Crippen LogP contribution in [0.5, 0.6) is 5.75 Å². The summed E-state index contributed by atoms with van der Waals surface area (Å²) in [5, 5.41) is 2.86. The van der Waals surface area contributed by atoms with Gasteiger partial charge in [0, 0.05) is 11.1 Å². The number of hydrogen-bond acceptors (Lipinski definition) is 4. The Morgan fingerprint density at radius 3 is 2.63 bits per heavy atom. The molecule has 1 heterocycles. The fourth-order valence-corrected chi connectivity index (χ4v) is 4.38. The molecule has 27 heavy (non-hydrogen) atoms. The second kappa shape index (κ2) is 7.08. The molecular formula is C20H16F2N2O2S. The minimum atomic E-state index is -0.902. The zero-order chi connectivity index (χ0) is 19.0. The summed E-state index contributed by atoms with van der Waals surface area (Å²) < 4.78 is 33.1. The third-order valence-corrected chi connectivity index (χ3v) is 5.59. The lowest BCUT2D eigenvalue weighted by Gasteiger charge is -2.10. The van der Waals surface area contributed by atoms with E-state index in [4.69, 9.17) is 4.74 Å². The van der Waals surface area contributed by atoms with Crippen LogP contribution in [0.4, 0.5) is 13.9 Å². The molecule has 7 heteroatoms. The van der Waals surface area contributed by atoms with Crippen molar-refractivity contribution in [3.05, 3.63) is 64.9 Å². The highest BCUT2D eigenvalue weighted by molar-refractivity contribution is 7.19. The summed E-state index contributed by atoms with van der Waals surface area (Å²) in [7, 11) is 1.64. The highest BCUT2D eigenvalue weighted by Crippen LogP contribution is 2.41. The summed E-state index contributed by atoms with van der Waals surface area (Å²) >= 11 is 1.30. The number of fused-ring (bicyclic) bond motifs is 3. The maximum absolute atomic E-state index is 13.8. The van der Waals surface area contributed by atoms with Crippen LogP contribution in [0.1, 0.15) is 28.0 Å². The van der Waals surface area contributed by atoms with E-state index in [9.17, 15) is 13.6 Å². The Hall–Kier alpha value is -2.80. The lowest BCUT2D eigenvalue weighted by Crippen LogP contribution is -2.15. The first-order chi connectivity index (χ1) is 13.1. The van der Waals surface area contributed by atoms with Crippen molar-refractivity contribution in [1.29, 1.82) is 0 Å². The number of ether oxygens (including phenoxy) is 1. The summed E-state index contributed by atoms with van der Waals surface area (Å²) in [5.74, 6) is -1.82. The zero-order valence-electron chi connectivity index (χ0n) is 14.5. The van der Waals surface area contributed by atoms with Crippen LogP contribution in [-0.2, 0) is 12.8 Å². The van der Waals surface area contributed by atoms with Crippen molar-refractivity contribution in [3.63, 3.8) is 0 Å². The third kappa shape index (κ3) is 3.19. The van der Waals surface area contributed by atoms with Crippen molar-refractivity contribution in [3.8, 4) is 16.2 Å². The molecule has 3 aromatic rings. The lowest BCUT2D eigenvalue weighted by atomic mass is 10.0. The number of nitrogens with one attached hydrogen (secondary N) is 1. The molecule has 0 fully saturated rings. The average molecular weight is 386 g/mol. The molecule has 4 rings (SSSR count). The molecule has 1 aliphatic rings. The molecule has 0 saturated carbocycles. The van der Waals surface area contributed by atoms with Gasteiger partial charge >= 0.3 is 0 Å². The number of aryl methyl sites for hydroxylation is 1. The number of benzene rings is 2. The number of anilines is 1. The van der Waals surface area contributed by atoms with Gasteiger partial charge in [-0.2, -0.15) is 0 Å². The number of amides is 1. The molecule has 1 aliphatic carbocycles. The zero-order valence-corrected chi connectivity index (χ0v) is 15.3.